The van der Waals surface area contributed by atoms with E-state index >= 15 is 0 Å². The van der Waals surface area contributed by atoms with Crippen LogP contribution in [0.4, 0.5) is 0 Å². The minimum absolute atomic E-state index is 0.0135. The first kappa shape index (κ1) is 12.9. The average Bonchev–Trinajstić information content (AvgIpc) is 2.83. The minimum Gasteiger partial charge on any atom is -0.481 e. The molecular weight excluding hydrogens is 216 g/mol. The third-order valence-electron chi connectivity index (χ3n) is 5.27. The van der Waals surface area contributed by atoms with Crippen LogP contribution in [0.5, 0.6) is 0 Å². The van der Waals surface area contributed by atoms with Gasteiger partial charge in [0.2, 0.25) is 0 Å². The first-order valence-electron chi connectivity index (χ1n) is 6.90. The van der Waals surface area contributed by atoms with Gasteiger partial charge in [-0.25, -0.2) is 0 Å². The number of carbonyl (C=O) groups is 1. The number of aliphatic hydroxyl groups excluding tert-OH is 1. The number of aliphatic hydroxyl groups is 1. The molecule has 2 rings (SSSR count). The third-order valence-corrected chi connectivity index (χ3v) is 5.27. The Balaban J connectivity index is 2.13. The van der Waals surface area contributed by atoms with Crippen LogP contribution in [0.2, 0.25) is 0 Å². The zero-order chi connectivity index (χ0) is 12.6. The van der Waals surface area contributed by atoms with Crippen molar-refractivity contribution in [3.63, 3.8) is 0 Å². The molecule has 0 saturated heterocycles. The van der Waals surface area contributed by atoms with Crippen molar-refractivity contribution >= 4 is 5.97 Å². The Morgan fingerprint density at radius 2 is 1.88 bits per heavy atom. The summed E-state index contributed by atoms with van der Waals surface area (Å²) in [5.41, 5.74) is 0. The number of fused-ring (bicyclic) bond motifs is 1. The molecule has 2 aliphatic rings. The highest BCUT2D eigenvalue weighted by Gasteiger charge is 2.48. The van der Waals surface area contributed by atoms with Gasteiger partial charge in [-0.2, -0.15) is 0 Å². The standard InChI is InChI=1S/C14H24O3/c1-8-3-4-11-10(8)5-6-12(11)13(14(16)17)9(2)7-15/h8-13,15H,3-7H2,1-2H3,(H,16,17). The van der Waals surface area contributed by atoms with Crippen molar-refractivity contribution in [1.29, 1.82) is 0 Å². The van der Waals surface area contributed by atoms with Crippen molar-refractivity contribution in [3.8, 4) is 0 Å². The highest BCUT2D eigenvalue weighted by atomic mass is 16.4. The van der Waals surface area contributed by atoms with E-state index in [1.807, 2.05) is 6.92 Å². The fourth-order valence-corrected chi connectivity index (χ4v) is 4.34. The normalized spacial score (nSPS) is 39.9. The van der Waals surface area contributed by atoms with E-state index in [4.69, 9.17) is 0 Å². The Morgan fingerprint density at radius 1 is 1.24 bits per heavy atom. The maximum Gasteiger partial charge on any atom is 0.307 e. The number of aliphatic carboxylic acids is 1. The molecule has 0 aliphatic heterocycles. The van der Waals surface area contributed by atoms with Gasteiger partial charge in [0, 0.05) is 6.61 Å². The van der Waals surface area contributed by atoms with Crippen LogP contribution in [0.25, 0.3) is 0 Å². The summed E-state index contributed by atoms with van der Waals surface area (Å²) >= 11 is 0. The van der Waals surface area contributed by atoms with Gasteiger partial charge in [-0.1, -0.05) is 20.3 Å². The SMILES string of the molecule is CC1CCC2C1CCC2C(C(=O)O)C(C)CO. The van der Waals surface area contributed by atoms with Crippen molar-refractivity contribution in [1.82, 2.24) is 0 Å². The zero-order valence-corrected chi connectivity index (χ0v) is 10.8. The summed E-state index contributed by atoms with van der Waals surface area (Å²) in [4.78, 5) is 11.4. The van der Waals surface area contributed by atoms with E-state index in [1.54, 1.807) is 0 Å². The second-order valence-electron chi connectivity index (χ2n) is 6.15. The first-order valence-corrected chi connectivity index (χ1v) is 6.90. The fourth-order valence-electron chi connectivity index (χ4n) is 4.34. The molecule has 2 aliphatic carbocycles. The maximum absolute atomic E-state index is 11.4. The molecule has 6 atom stereocenters. The highest BCUT2D eigenvalue weighted by molar-refractivity contribution is 5.70. The van der Waals surface area contributed by atoms with Crippen LogP contribution in [0.3, 0.4) is 0 Å². The topological polar surface area (TPSA) is 57.5 Å². The van der Waals surface area contributed by atoms with E-state index in [-0.39, 0.29) is 18.4 Å². The van der Waals surface area contributed by atoms with Gasteiger partial charge in [-0.3, -0.25) is 4.79 Å². The second-order valence-corrected chi connectivity index (χ2v) is 6.15. The lowest BCUT2D eigenvalue weighted by Crippen LogP contribution is -2.33. The number of rotatable bonds is 4. The van der Waals surface area contributed by atoms with Crippen LogP contribution in [-0.2, 0) is 4.79 Å². The van der Waals surface area contributed by atoms with Crippen LogP contribution in [0.15, 0.2) is 0 Å². The van der Waals surface area contributed by atoms with Gasteiger partial charge in [-0.05, 0) is 48.9 Å². The average molecular weight is 240 g/mol. The van der Waals surface area contributed by atoms with Gasteiger partial charge in [0.05, 0.1) is 5.92 Å². The Bertz CT molecular complexity index is 289. The molecule has 2 fully saturated rings. The monoisotopic (exact) mass is 240 g/mol. The molecular formula is C14H24O3. The van der Waals surface area contributed by atoms with E-state index in [2.05, 4.69) is 6.92 Å². The smallest absolute Gasteiger partial charge is 0.307 e. The van der Waals surface area contributed by atoms with Gasteiger partial charge in [0.1, 0.15) is 0 Å². The van der Waals surface area contributed by atoms with Gasteiger partial charge in [0.25, 0.3) is 0 Å². The number of carboxylic acids is 1. The molecule has 0 bridgehead atoms. The van der Waals surface area contributed by atoms with Crippen LogP contribution in [0, 0.1) is 35.5 Å². The van der Waals surface area contributed by atoms with Gasteiger partial charge < -0.3 is 10.2 Å². The molecule has 0 aromatic carbocycles. The fraction of sp³-hybridized carbons (Fsp3) is 0.929. The predicted octanol–water partition coefficient (Wildman–Crippen LogP) is 2.39. The van der Waals surface area contributed by atoms with E-state index in [0.717, 1.165) is 18.3 Å². The summed E-state index contributed by atoms with van der Waals surface area (Å²) < 4.78 is 0. The zero-order valence-electron chi connectivity index (χ0n) is 10.8. The van der Waals surface area contributed by atoms with Crippen LogP contribution < -0.4 is 0 Å². The molecule has 98 valence electrons. The Kier molecular flexibility index (Phi) is 3.76. The summed E-state index contributed by atoms with van der Waals surface area (Å²) in [6.07, 6.45) is 4.68. The highest BCUT2D eigenvalue weighted by Crippen LogP contribution is 2.53. The van der Waals surface area contributed by atoms with E-state index in [9.17, 15) is 15.0 Å². The van der Waals surface area contributed by atoms with Crippen molar-refractivity contribution in [2.24, 2.45) is 35.5 Å². The van der Waals surface area contributed by atoms with Gasteiger partial charge in [-0.15, -0.1) is 0 Å². The number of hydrogen-bond donors (Lipinski definition) is 2. The first-order chi connectivity index (χ1) is 8.06. The van der Waals surface area contributed by atoms with Gasteiger partial charge in [0.15, 0.2) is 0 Å². The predicted molar refractivity (Wildman–Crippen MR) is 65.5 cm³/mol. The molecule has 6 unspecified atom stereocenters. The Labute approximate surface area is 103 Å². The maximum atomic E-state index is 11.4. The molecule has 0 aromatic heterocycles. The molecule has 0 amide bonds. The van der Waals surface area contributed by atoms with Crippen molar-refractivity contribution < 1.29 is 15.0 Å². The summed E-state index contributed by atoms with van der Waals surface area (Å²) in [7, 11) is 0. The molecule has 0 heterocycles. The van der Waals surface area contributed by atoms with Crippen LogP contribution >= 0.6 is 0 Å². The molecule has 3 nitrogen and oxygen atoms in total. The molecule has 0 spiro atoms. The second kappa shape index (κ2) is 4.97. The van der Waals surface area contributed by atoms with E-state index in [1.165, 1.54) is 19.3 Å². The van der Waals surface area contributed by atoms with Crippen LogP contribution in [-0.4, -0.2) is 22.8 Å². The summed E-state index contributed by atoms with van der Waals surface area (Å²) in [6, 6.07) is 0. The number of hydrogen-bond acceptors (Lipinski definition) is 2. The van der Waals surface area contributed by atoms with Crippen LogP contribution in [0.1, 0.15) is 39.5 Å². The lowest BCUT2D eigenvalue weighted by atomic mass is 9.76. The van der Waals surface area contributed by atoms with E-state index in [0.29, 0.717) is 11.8 Å². The summed E-state index contributed by atoms with van der Waals surface area (Å²) in [6.45, 7) is 4.16. The largest absolute Gasteiger partial charge is 0.481 e. The Hall–Kier alpha value is -0.570. The molecule has 3 heteroatoms. The van der Waals surface area contributed by atoms with Crippen molar-refractivity contribution in [2.45, 2.75) is 39.5 Å². The van der Waals surface area contributed by atoms with Gasteiger partial charge >= 0.3 is 5.97 Å². The molecule has 2 saturated carbocycles. The summed E-state index contributed by atoms with van der Waals surface area (Å²) in [5, 5.41) is 18.7. The lowest BCUT2D eigenvalue weighted by molar-refractivity contribution is -0.147. The van der Waals surface area contributed by atoms with E-state index < -0.39 is 5.97 Å². The molecule has 2 N–H and O–H groups in total. The third kappa shape index (κ3) is 2.22. The van der Waals surface area contributed by atoms with Crippen molar-refractivity contribution in [3.05, 3.63) is 0 Å². The lowest BCUT2D eigenvalue weighted by Gasteiger charge is -2.29. The Morgan fingerprint density at radius 3 is 2.47 bits per heavy atom. The number of carboxylic acid groups (broad SMARTS) is 1. The minimum atomic E-state index is -0.711. The summed E-state index contributed by atoms with van der Waals surface area (Å²) in [5.74, 6) is 1.23. The molecule has 0 radical (unpaired) electrons. The molecule has 0 aromatic rings. The molecule has 17 heavy (non-hydrogen) atoms. The quantitative estimate of drug-likeness (QED) is 0.793. The van der Waals surface area contributed by atoms with Crippen molar-refractivity contribution in [2.75, 3.05) is 6.61 Å².